The van der Waals surface area contributed by atoms with E-state index < -0.39 is 0 Å². The third kappa shape index (κ3) is 4.03. The molecule has 1 aromatic rings. The summed E-state index contributed by atoms with van der Waals surface area (Å²) in [4.78, 5) is 4.15. The van der Waals surface area contributed by atoms with Gasteiger partial charge in [0.25, 0.3) is 0 Å². The Kier molecular flexibility index (Phi) is 4.70. The summed E-state index contributed by atoms with van der Waals surface area (Å²) in [7, 11) is 0. The fourth-order valence-corrected chi connectivity index (χ4v) is 1.31. The summed E-state index contributed by atoms with van der Waals surface area (Å²) in [6.45, 7) is 4.70. The van der Waals surface area contributed by atoms with Crippen LogP contribution in [0.5, 0.6) is 0 Å². The normalized spacial score (nSPS) is 13.7. The highest BCUT2D eigenvalue weighted by Gasteiger charge is 2.06. The Morgan fingerprint density at radius 3 is 3.00 bits per heavy atom. The number of hydrogen-bond acceptors (Lipinski definition) is 3. The molecule has 1 unspecified atom stereocenters. The maximum Gasteiger partial charge on any atom is 0.205 e. The highest BCUT2D eigenvalue weighted by Crippen LogP contribution is 2.03. The second-order valence-corrected chi connectivity index (χ2v) is 3.30. The number of nitrogens with one attached hydrogen (secondary N) is 2. The van der Waals surface area contributed by atoms with Gasteiger partial charge >= 0.3 is 0 Å². The number of furan rings is 1. The zero-order chi connectivity index (χ0) is 11.1. The van der Waals surface area contributed by atoms with Gasteiger partial charge in [0.05, 0.1) is 6.26 Å². The maximum absolute atomic E-state index is 5.31. The van der Waals surface area contributed by atoms with Crippen LogP contribution in [0.1, 0.15) is 19.6 Å². The van der Waals surface area contributed by atoms with Crippen molar-refractivity contribution in [3.8, 4) is 0 Å². The number of hydrogen-bond donors (Lipinski definition) is 3. The summed E-state index contributed by atoms with van der Waals surface area (Å²) in [6.07, 6.45) is 2.47. The highest BCUT2D eigenvalue weighted by molar-refractivity contribution is 5.79. The lowest BCUT2D eigenvalue weighted by Gasteiger charge is -2.15. The minimum atomic E-state index is 0.220. The monoisotopic (exact) mass is 210 g/mol. The predicted molar refractivity (Wildman–Crippen MR) is 60.3 cm³/mol. The third-order valence-electron chi connectivity index (χ3n) is 1.92. The van der Waals surface area contributed by atoms with Crippen LogP contribution in [-0.4, -0.2) is 18.5 Å². The Bertz CT molecular complexity index is 294. The highest BCUT2D eigenvalue weighted by atomic mass is 16.3. The van der Waals surface area contributed by atoms with Gasteiger partial charge in [0.2, 0.25) is 5.96 Å². The van der Waals surface area contributed by atoms with E-state index in [1.165, 1.54) is 0 Å². The molecule has 15 heavy (non-hydrogen) atoms. The van der Waals surface area contributed by atoms with E-state index in [9.17, 15) is 0 Å². The van der Waals surface area contributed by atoms with Crippen LogP contribution in [-0.2, 0) is 6.42 Å². The van der Waals surface area contributed by atoms with E-state index in [-0.39, 0.29) is 6.04 Å². The molecular formula is C10H18N4O. The summed E-state index contributed by atoms with van der Waals surface area (Å²) < 4.78 is 5.25. The van der Waals surface area contributed by atoms with E-state index in [0.717, 1.165) is 12.2 Å². The summed E-state index contributed by atoms with van der Waals surface area (Å²) in [5.41, 5.74) is 2.52. The van der Waals surface area contributed by atoms with Gasteiger partial charge in [-0.25, -0.2) is 5.84 Å². The predicted octanol–water partition coefficient (Wildman–Crippen LogP) is 0.639. The Balaban J connectivity index is 2.41. The van der Waals surface area contributed by atoms with Crippen molar-refractivity contribution in [3.05, 3.63) is 24.2 Å². The number of aliphatic imine (C=N–C) groups is 1. The second-order valence-electron chi connectivity index (χ2n) is 3.30. The molecule has 0 amide bonds. The average Bonchev–Trinajstić information content (AvgIpc) is 2.69. The van der Waals surface area contributed by atoms with E-state index in [1.807, 2.05) is 26.0 Å². The molecule has 1 heterocycles. The first kappa shape index (κ1) is 11.6. The molecule has 0 saturated carbocycles. The Hall–Kier alpha value is -1.49. The van der Waals surface area contributed by atoms with Crippen molar-refractivity contribution in [3.63, 3.8) is 0 Å². The van der Waals surface area contributed by atoms with Crippen LogP contribution in [0.15, 0.2) is 27.8 Å². The van der Waals surface area contributed by atoms with Gasteiger partial charge in [-0.2, -0.15) is 0 Å². The van der Waals surface area contributed by atoms with Crippen molar-refractivity contribution in [2.75, 3.05) is 6.54 Å². The van der Waals surface area contributed by atoms with Crippen molar-refractivity contribution in [1.82, 2.24) is 10.7 Å². The van der Waals surface area contributed by atoms with Crippen LogP contribution in [0.25, 0.3) is 0 Å². The number of hydrazine groups is 1. The minimum absolute atomic E-state index is 0.220. The molecular weight excluding hydrogens is 192 g/mol. The van der Waals surface area contributed by atoms with Crippen LogP contribution in [0.4, 0.5) is 0 Å². The van der Waals surface area contributed by atoms with E-state index in [4.69, 9.17) is 10.3 Å². The first-order valence-electron chi connectivity index (χ1n) is 5.06. The molecule has 0 fully saturated rings. The molecule has 0 spiro atoms. The van der Waals surface area contributed by atoms with E-state index >= 15 is 0 Å². The molecule has 1 aromatic heterocycles. The van der Waals surface area contributed by atoms with Crippen molar-refractivity contribution < 1.29 is 4.42 Å². The Morgan fingerprint density at radius 2 is 2.47 bits per heavy atom. The van der Waals surface area contributed by atoms with Crippen LogP contribution in [0, 0.1) is 0 Å². The van der Waals surface area contributed by atoms with Crippen LogP contribution >= 0.6 is 0 Å². The summed E-state index contributed by atoms with van der Waals surface area (Å²) in [5, 5.41) is 3.16. The second kappa shape index (κ2) is 6.08. The maximum atomic E-state index is 5.31. The summed E-state index contributed by atoms with van der Waals surface area (Å²) >= 11 is 0. The van der Waals surface area contributed by atoms with Crippen molar-refractivity contribution in [2.24, 2.45) is 10.8 Å². The SMILES string of the molecule is CCN=C(NN)NC(C)Cc1ccco1. The molecule has 5 nitrogen and oxygen atoms in total. The zero-order valence-corrected chi connectivity index (χ0v) is 9.16. The molecule has 1 atom stereocenters. The molecule has 0 aliphatic rings. The van der Waals surface area contributed by atoms with Gasteiger partial charge in [0.1, 0.15) is 5.76 Å². The lowest BCUT2D eigenvalue weighted by atomic mass is 10.2. The molecule has 0 aliphatic carbocycles. The van der Waals surface area contributed by atoms with Gasteiger partial charge in [0.15, 0.2) is 0 Å². The molecule has 0 saturated heterocycles. The molecule has 0 radical (unpaired) electrons. The first-order valence-corrected chi connectivity index (χ1v) is 5.06. The summed E-state index contributed by atoms with van der Waals surface area (Å²) in [5.74, 6) is 6.87. The first-order chi connectivity index (χ1) is 7.26. The van der Waals surface area contributed by atoms with Gasteiger partial charge in [-0.15, -0.1) is 0 Å². The van der Waals surface area contributed by atoms with Crippen molar-refractivity contribution in [1.29, 1.82) is 0 Å². The Labute approximate surface area is 89.7 Å². The number of nitrogens with two attached hydrogens (primary N) is 1. The van der Waals surface area contributed by atoms with Crippen LogP contribution in [0.3, 0.4) is 0 Å². The Morgan fingerprint density at radius 1 is 1.67 bits per heavy atom. The molecule has 0 aromatic carbocycles. The van der Waals surface area contributed by atoms with Gasteiger partial charge in [-0.1, -0.05) is 0 Å². The van der Waals surface area contributed by atoms with Crippen LogP contribution < -0.4 is 16.6 Å². The molecule has 0 aliphatic heterocycles. The van der Waals surface area contributed by atoms with Crippen LogP contribution in [0.2, 0.25) is 0 Å². The molecule has 84 valence electrons. The standard InChI is InChI=1S/C10H18N4O/c1-3-12-10(14-11)13-8(2)7-9-5-4-6-15-9/h4-6,8H,3,7,11H2,1-2H3,(H2,12,13,14). The fraction of sp³-hybridized carbons (Fsp3) is 0.500. The molecule has 4 N–H and O–H groups in total. The lowest BCUT2D eigenvalue weighted by Crippen LogP contribution is -2.46. The fourth-order valence-electron chi connectivity index (χ4n) is 1.31. The number of guanidine groups is 1. The van der Waals surface area contributed by atoms with Gasteiger partial charge in [-0.05, 0) is 26.0 Å². The van der Waals surface area contributed by atoms with Gasteiger partial charge in [0, 0.05) is 19.0 Å². The third-order valence-corrected chi connectivity index (χ3v) is 1.92. The topological polar surface area (TPSA) is 75.6 Å². The zero-order valence-electron chi connectivity index (χ0n) is 9.16. The number of nitrogens with zero attached hydrogens (tertiary/aromatic N) is 1. The average molecular weight is 210 g/mol. The summed E-state index contributed by atoms with van der Waals surface area (Å²) in [6, 6.07) is 4.05. The van der Waals surface area contributed by atoms with E-state index in [2.05, 4.69) is 15.7 Å². The van der Waals surface area contributed by atoms with Crippen molar-refractivity contribution in [2.45, 2.75) is 26.3 Å². The molecule has 0 bridgehead atoms. The smallest absolute Gasteiger partial charge is 0.205 e. The molecule has 1 rings (SSSR count). The largest absolute Gasteiger partial charge is 0.469 e. The van der Waals surface area contributed by atoms with E-state index in [1.54, 1.807) is 6.26 Å². The quantitative estimate of drug-likeness (QED) is 0.295. The van der Waals surface area contributed by atoms with E-state index in [0.29, 0.717) is 12.5 Å². The van der Waals surface area contributed by atoms with Gasteiger partial charge < -0.3 is 9.73 Å². The van der Waals surface area contributed by atoms with Crippen molar-refractivity contribution >= 4 is 5.96 Å². The minimum Gasteiger partial charge on any atom is -0.469 e. The van der Waals surface area contributed by atoms with Gasteiger partial charge in [-0.3, -0.25) is 10.4 Å². The lowest BCUT2D eigenvalue weighted by molar-refractivity contribution is 0.480. The molecule has 5 heteroatoms. The number of rotatable bonds is 4.